The molecule has 1 aliphatic heterocycles. The molecule has 2 N–H and O–H groups in total. The number of benzene rings is 1. The minimum atomic E-state index is -0.580. The molecule has 0 saturated carbocycles. The van der Waals surface area contributed by atoms with Gasteiger partial charge < -0.3 is 10.6 Å². The SMILES string of the molecule is CC1=NC(=O)NC(c2cccc(Cl)c2)C1C(=O)NCCc1ccncc1. The second kappa shape index (κ2) is 8.10. The van der Waals surface area contributed by atoms with Crippen molar-refractivity contribution in [2.24, 2.45) is 10.9 Å². The largest absolute Gasteiger partial charge is 0.355 e. The number of halogens is 1. The van der Waals surface area contributed by atoms with Gasteiger partial charge in [-0.25, -0.2) is 9.79 Å². The van der Waals surface area contributed by atoms with Crippen LogP contribution in [0.2, 0.25) is 5.02 Å². The van der Waals surface area contributed by atoms with E-state index in [1.807, 2.05) is 18.2 Å². The van der Waals surface area contributed by atoms with Crippen molar-refractivity contribution >= 4 is 29.3 Å². The second-order valence-electron chi connectivity index (χ2n) is 6.11. The van der Waals surface area contributed by atoms with Gasteiger partial charge in [0.2, 0.25) is 5.91 Å². The molecule has 2 atom stereocenters. The molecule has 3 amide bonds. The van der Waals surface area contributed by atoms with Crippen LogP contribution in [0.1, 0.15) is 24.1 Å². The molecule has 0 spiro atoms. The van der Waals surface area contributed by atoms with Gasteiger partial charge in [0.05, 0.1) is 6.04 Å². The van der Waals surface area contributed by atoms with Crippen LogP contribution < -0.4 is 10.6 Å². The van der Waals surface area contributed by atoms with Gasteiger partial charge in [0.25, 0.3) is 0 Å². The van der Waals surface area contributed by atoms with Crippen LogP contribution in [0.3, 0.4) is 0 Å². The van der Waals surface area contributed by atoms with E-state index in [1.165, 1.54) is 0 Å². The average molecular weight is 371 g/mol. The summed E-state index contributed by atoms with van der Waals surface area (Å²) in [7, 11) is 0. The fraction of sp³-hybridized carbons (Fsp3) is 0.263. The third-order valence-corrected chi connectivity index (χ3v) is 4.53. The fourth-order valence-corrected chi connectivity index (χ4v) is 3.22. The first-order valence-corrected chi connectivity index (χ1v) is 8.70. The van der Waals surface area contributed by atoms with E-state index in [1.54, 1.807) is 37.5 Å². The molecule has 0 saturated heterocycles. The lowest BCUT2D eigenvalue weighted by atomic mass is 9.87. The lowest BCUT2D eigenvalue weighted by Crippen LogP contribution is -2.47. The molecule has 2 unspecified atom stereocenters. The smallest absolute Gasteiger partial charge is 0.341 e. The molecule has 0 radical (unpaired) electrons. The van der Waals surface area contributed by atoms with Crippen LogP contribution in [-0.2, 0) is 11.2 Å². The molecule has 134 valence electrons. The van der Waals surface area contributed by atoms with Crippen molar-refractivity contribution in [3.63, 3.8) is 0 Å². The maximum Gasteiger partial charge on any atom is 0.341 e. The van der Waals surface area contributed by atoms with Crippen LogP contribution in [0.15, 0.2) is 53.8 Å². The van der Waals surface area contributed by atoms with E-state index in [0.29, 0.717) is 23.7 Å². The summed E-state index contributed by atoms with van der Waals surface area (Å²) < 4.78 is 0. The van der Waals surface area contributed by atoms with Crippen molar-refractivity contribution in [1.29, 1.82) is 0 Å². The second-order valence-corrected chi connectivity index (χ2v) is 6.55. The number of pyridine rings is 1. The van der Waals surface area contributed by atoms with Crippen LogP contribution >= 0.6 is 11.6 Å². The van der Waals surface area contributed by atoms with E-state index in [4.69, 9.17) is 11.6 Å². The van der Waals surface area contributed by atoms with Crippen LogP contribution in [0.5, 0.6) is 0 Å². The zero-order chi connectivity index (χ0) is 18.5. The molecule has 0 bridgehead atoms. The molecule has 6 nitrogen and oxygen atoms in total. The standard InChI is InChI=1S/C19H19ClN4O2/c1-12-16(18(25)22-10-7-13-5-8-21-9-6-13)17(24-19(26)23-12)14-3-2-4-15(20)11-14/h2-6,8-9,11,16-17H,7,10H2,1H3,(H,22,25)(H,24,26). The highest BCUT2D eigenvalue weighted by molar-refractivity contribution is 6.30. The zero-order valence-electron chi connectivity index (χ0n) is 14.3. The normalized spacial score (nSPS) is 19.5. The van der Waals surface area contributed by atoms with E-state index in [-0.39, 0.29) is 5.91 Å². The minimum Gasteiger partial charge on any atom is -0.355 e. The highest BCUT2D eigenvalue weighted by atomic mass is 35.5. The highest BCUT2D eigenvalue weighted by Gasteiger charge is 2.36. The lowest BCUT2D eigenvalue weighted by molar-refractivity contribution is -0.123. The highest BCUT2D eigenvalue weighted by Crippen LogP contribution is 2.28. The van der Waals surface area contributed by atoms with Crippen molar-refractivity contribution in [3.8, 4) is 0 Å². The Morgan fingerprint density at radius 3 is 2.77 bits per heavy atom. The number of hydrogen-bond acceptors (Lipinski definition) is 3. The maximum atomic E-state index is 12.8. The van der Waals surface area contributed by atoms with Crippen LogP contribution in [-0.4, -0.2) is 29.2 Å². The summed E-state index contributed by atoms with van der Waals surface area (Å²) in [5.74, 6) is -0.756. The number of carbonyl (C=O) groups is 2. The van der Waals surface area contributed by atoms with Gasteiger partial charge in [0.1, 0.15) is 5.92 Å². The van der Waals surface area contributed by atoms with E-state index in [2.05, 4.69) is 20.6 Å². The van der Waals surface area contributed by atoms with Crippen LogP contribution in [0.4, 0.5) is 4.79 Å². The predicted molar refractivity (Wildman–Crippen MR) is 100 cm³/mol. The Morgan fingerprint density at radius 2 is 2.04 bits per heavy atom. The number of nitrogens with one attached hydrogen (secondary N) is 2. The fourth-order valence-electron chi connectivity index (χ4n) is 3.03. The summed E-state index contributed by atoms with van der Waals surface area (Å²) in [5.41, 5.74) is 2.35. The number of hydrogen-bond donors (Lipinski definition) is 2. The van der Waals surface area contributed by atoms with E-state index in [0.717, 1.165) is 11.1 Å². The molecule has 1 aromatic carbocycles. The van der Waals surface area contributed by atoms with Crippen LogP contribution in [0, 0.1) is 5.92 Å². The Balaban J connectivity index is 1.74. The Hall–Kier alpha value is -2.73. The van der Waals surface area contributed by atoms with Crippen LogP contribution in [0.25, 0.3) is 0 Å². The first kappa shape index (κ1) is 18.1. The molecular weight excluding hydrogens is 352 g/mol. The number of aliphatic imine (C=N–C) groups is 1. The first-order chi connectivity index (χ1) is 12.5. The minimum absolute atomic E-state index is 0.176. The Labute approximate surface area is 156 Å². The number of rotatable bonds is 5. The van der Waals surface area contributed by atoms with Gasteiger partial charge >= 0.3 is 6.03 Å². The third-order valence-electron chi connectivity index (χ3n) is 4.29. The topological polar surface area (TPSA) is 83.5 Å². The average Bonchev–Trinajstić information content (AvgIpc) is 2.62. The lowest BCUT2D eigenvalue weighted by Gasteiger charge is -2.30. The molecule has 2 heterocycles. The van der Waals surface area contributed by atoms with Gasteiger partial charge in [-0.1, -0.05) is 23.7 Å². The van der Waals surface area contributed by atoms with Crippen molar-refractivity contribution < 1.29 is 9.59 Å². The third kappa shape index (κ3) is 4.26. The number of aromatic nitrogens is 1. The molecule has 0 fully saturated rings. The summed E-state index contributed by atoms with van der Waals surface area (Å²) in [5, 5.41) is 6.26. The number of carbonyl (C=O) groups excluding carboxylic acids is 2. The quantitative estimate of drug-likeness (QED) is 0.848. The summed E-state index contributed by atoms with van der Waals surface area (Å²) in [6.07, 6.45) is 4.14. The molecule has 1 aliphatic rings. The predicted octanol–water partition coefficient (Wildman–Crippen LogP) is 2.94. The summed E-state index contributed by atoms with van der Waals surface area (Å²) in [4.78, 5) is 32.5. The number of nitrogens with zero attached hydrogens (tertiary/aromatic N) is 2. The van der Waals surface area contributed by atoms with Crippen molar-refractivity contribution in [3.05, 3.63) is 64.9 Å². The molecule has 26 heavy (non-hydrogen) atoms. The van der Waals surface area contributed by atoms with Gasteiger partial charge in [0, 0.05) is 29.7 Å². The van der Waals surface area contributed by atoms with Crippen molar-refractivity contribution in [1.82, 2.24) is 15.6 Å². The Morgan fingerprint density at radius 1 is 1.27 bits per heavy atom. The molecule has 7 heteroatoms. The van der Waals surface area contributed by atoms with Gasteiger partial charge in [0.15, 0.2) is 0 Å². The summed E-state index contributed by atoms with van der Waals surface area (Å²) in [6.45, 7) is 2.19. The monoisotopic (exact) mass is 370 g/mol. The molecule has 3 rings (SSSR count). The summed E-state index contributed by atoms with van der Waals surface area (Å²) in [6, 6.07) is 10.0. The Kier molecular flexibility index (Phi) is 5.63. The first-order valence-electron chi connectivity index (χ1n) is 8.32. The van der Waals surface area contributed by atoms with Gasteiger partial charge in [-0.15, -0.1) is 0 Å². The van der Waals surface area contributed by atoms with E-state index in [9.17, 15) is 9.59 Å². The van der Waals surface area contributed by atoms with E-state index < -0.39 is 18.0 Å². The van der Waals surface area contributed by atoms with Gasteiger partial charge in [-0.05, 0) is 48.7 Å². The molecule has 0 aliphatic carbocycles. The van der Waals surface area contributed by atoms with Crippen molar-refractivity contribution in [2.75, 3.05) is 6.54 Å². The molecule has 2 aromatic rings. The summed E-state index contributed by atoms with van der Waals surface area (Å²) >= 11 is 6.07. The maximum absolute atomic E-state index is 12.8. The van der Waals surface area contributed by atoms with Crippen molar-refractivity contribution in [2.45, 2.75) is 19.4 Å². The Bertz CT molecular complexity index is 838. The van der Waals surface area contributed by atoms with Gasteiger partial charge in [-0.2, -0.15) is 0 Å². The molecular formula is C19H19ClN4O2. The molecule has 1 aromatic heterocycles. The van der Waals surface area contributed by atoms with Gasteiger partial charge in [-0.3, -0.25) is 9.78 Å². The number of urea groups is 1. The zero-order valence-corrected chi connectivity index (χ0v) is 15.0. The van der Waals surface area contributed by atoms with E-state index >= 15 is 0 Å². The number of amides is 3.